The molecule has 0 amide bonds. The van der Waals surface area contributed by atoms with E-state index < -0.39 is 9.71 Å². The lowest BCUT2D eigenvalue weighted by Gasteiger charge is -2.29. The summed E-state index contributed by atoms with van der Waals surface area (Å²) >= 11 is 0. The van der Waals surface area contributed by atoms with Gasteiger partial charge in [0.1, 0.15) is 11.9 Å². The number of nitrogens with one attached hydrogen (secondary N) is 2. The van der Waals surface area contributed by atoms with Crippen molar-refractivity contribution in [2.75, 3.05) is 24.6 Å². The van der Waals surface area contributed by atoms with E-state index in [0.717, 1.165) is 49.2 Å². The van der Waals surface area contributed by atoms with Crippen molar-refractivity contribution in [1.29, 1.82) is 0 Å². The molecule has 1 saturated carbocycles. The van der Waals surface area contributed by atoms with Crippen LogP contribution in [0.2, 0.25) is 0 Å². The summed E-state index contributed by atoms with van der Waals surface area (Å²) < 4.78 is 26.1. The fourth-order valence-electron chi connectivity index (χ4n) is 3.24. The molecule has 2 rings (SSSR count). The number of benzene rings is 1. The molecule has 1 aromatic rings. The molecule has 3 unspecified atom stereocenters. The second-order valence-electron chi connectivity index (χ2n) is 7.15. The Morgan fingerprint density at radius 2 is 2.08 bits per heavy atom. The minimum absolute atomic E-state index is 0.210. The molecule has 0 saturated heterocycles. The minimum atomic E-state index is -2.26. The van der Waals surface area contributed by atoms with E-state index in [2.05, 4.69) is 22.5 Å². The number of aryl methyl sites for hydroxylation is 1. The number of rotatable bonds is 9. The molecule has 1 aliphatic rings. The predicted octanol–water partition coefficient (Wildman–Crippen LogP) is 3.25. The maximum atomic E-state index is 11.7. The van der Waals surface area contributed by atoms with Gasteiger partial charge in [0.15, 0.2) is 0 Å². The Morgan fingerprint density at radius 3 is 2.73 bits per heavy atom. The molecule has 1 aliphatic carbocycles. The Morgan fingerprint density at radius 1 is 1.35 bits per heavy atom. The first-order chi connectivity index (χ1) is 12.3. The van der Waals surface area contributed by atoms with Gasteiger partial charge < -0.3 is 19.5 Å². The van der Waals surface area contributed by atoms with Gasteiger partial charge in [-0.1, -0.05) is 12.6 Å². The van der Waals surface area contributed by atoms with Crippen molar-refractivity contribution >= 4 is 21.3 Å². The Kier molecular flexibility index (Phi) is 7.55. The SMILES string of the molecule is C=C(CNCc1ccc(NS(=C)(C)=O)cc1C)OC1CCCC(OC)C1. The van der Waals surface area contributed by atoms with Gasteiger partial charge in [0, 0.05) is 41.7 Å². The zero-order chi connectivity index (χ0) is 19.2. The minimum Gasteiger partial charge on any atom is -0.494 e. The molecule has 0 aliphatic heterocycles. The van der Waals surface area contributed by atoms with Crippen molar-refractivity contribution in [2.24, 2.45) is 0 Å². The molecule has 6 heteroatoms. The molecule has 0 radical (unpaired) electrons. The zero-order valence-electron chi connectivity index (χ0n) is 16.2. The van der Waals surface area contributed by atoms with Crippen LogP contribution in [0.3, 0.4) is 0 Å². The lowest BCUT2D eigenvalue weighted by Crippen LogP contribution is -2.29. The van der Waals surface area contributed by atoms with Gasteiger partial charge in [-0.05, 0) is 55.3 Å². The second kappa shape index (κ2) is 9.44. The van der Waals surface area contributed by atoms with E-state index in [0.29, 0.717) is 12.6 Å². The monoisotopic (exact) mass is 380 g/mol. The molecule has 0 bridgehead atoms. The average molecular weight is 381 g/mol. The second-order valence-corrected chi connectivity index (χ2v) is 9.37. The molecule has 3 atom stereocenters. The van der Waals surface area contributed by atoms with Crippen molar-refractivity contribution in [3.63, 3.8) is 0 Å². The van der Waals surface area contributed by atoms with Crippen molar-refractivity contribution < 1.29 is 13.7 Å². The highest BCUT2D eigenvalue weighted by molar-refractivity contribution is 8.00. The van der Waals surface area contributed by atoms with Crippen LogP contribution in [0.15, 0.2) is 30.5 Å². The highest BCUT2D eigenvalue weighted by atomic mass is 32.2. The standard InChI is InChI=1S/C20H32N2O3S/c1-15-11-18(22-26(4,5)23)10-9-17(15)14-21-13-16(2)25-20-8-6-7-19(12-20)24-3/h9-11,19-21H,2,4,6-8,12-14H2,1,3,5H3,(H,22,23). The zero-order valence-corrected chi connectivity index (χ0v) is 17.0. The maximum Gasteiger partial charge on any atom is 0.103 e. The Balaban J connectivity index is 1.77. The van der Waals surface area contributed by atoms with Crippen molar-refractivity contribution in [3.05, 3.63) is 41.7 Å². The van der Waals surface area contributed by atoms with E-state index in [1.165, 1.54) is 5.56 Å². The van der Waals surface area contributed by atoms with Crippen molar-refractivity contribution in [1.82, 2.24) is 5.32 Å². The number of anilines is 1. The summed E-state index contributed by atoms with van der Waals surface area (Å²) in [7, 11) is -0.491. The van der Waals surface area contributed by atoms with Crippen LogP contribution in [0.1, 0.15) is 36.8 Å². The van der Waals surface area contributed by atoms with Crippen LogP contribution < -0.4 is 10.0 Å². The van der Waals surface area contributed by atoms with Crippen molar-refractivity contribution in [2.45, 2.75) is 51.4 Å². The smallest absolute Gasteiger partial charge is 0.103 e. The Labute approximate surface area is 158 Å². The fourth-order valence-corrected chi connectivity index (χ4v) is 3.87. The van der Waals surface area contributed by atoms with Gasteiger partial charge >= 0.3 is 0 Å². The Bertz CT molecular complexity index is 716. The molecule has 0 spiro atoms. The third-order valence-corrected chi connectivity index (χ3v) is 5.23. The van der Waals surface area contributed by atoms with E-state index >= 15 is 0 Å². The third kappa shape index (κ3) is 7.02. The summed E-state index contributed by atoms with van der Waals surface area (Å²) in [6.07, 6.45) is 6.37. The topological polar surface area (TPSA) is 59.6 Å². The van der Waals surface area contributed by atoms with E-state index in [4.69, 9.17) is 9.47 Å². The average Bonchev–Trinajstić information content (AvgIpc) is 2.55. The molecule has 146 valence electrons. The summed E-state index contributed by atoms with van der Waals surface area (Å²) in [6, 6.07) is 5.95. The summed E-state index contributed by atoms with van der Waals surface area (Å²) in [5.41, 5.74) is 3.14. The van der Waals surface area contributed by atoms with Gasteiger partial charge in [-0.3, -0.25) is 0 Å². The van der Waals surface area contributed by atoms with E-state index in [9.17, 15) is 4.21 Å². The lowest BCUT2D eigenvalue weighted by atomic mass is 9.95. The molecule has 1 fully saturated rings. The highest BCUT2D eigenvalue weighted by Crippen LogP contribution is 2.24. The fraction of sp³-hybridized carbons (Fsp3) is 0.550. The van der Waals surface area contributed by atoms with Gasteiger partial charge in [0.2, 0.25) is 0 Å². The lowest BCUT2D eigenvalue weighted by molar-refractivity contribution is -0.00457. The summed E-state index contributed by atoms with van der Waals surface area (Å²) in [4.78, 5) is 0. The van der Waals surface area contributed by atoms with Crippen LogP contribution in [-0.2, 0) is 25.7 Å². The van der Waals surface area contributed by atoms with Crippen LogP contribution in [-0.4, -0.2) is 42.2 Å². The van der Waals surface area contributed by atoms with Gasteiger partial charge in [-0.25, -0.2) is 4.21 Å². The van der Waals surface area contributed by atoms with Gasteiger partial charge in [0.05, 0.1) is 12.6 Å². The number of hydrogen-bond donors (Lipinski definition) is 2. The van der Waals surface area contributed by atoms with Gasteiger partial charge in [-0.15, -0.1) is 0 Å². The number of ether oxygens (including phenoxy) is 2. The summed E-state index contributed by atoms with van der Waals surface area (Å²) in [5, 5.41) is 3.38. The van der Waals surface area contributed by atoms with Crippen LogP contribution >= 0.6 is 0 Å². The molecule has 1 aromatic carbocycles. The van der Waals surface area contributed by atoms with Crippen LogP contribution in [0, 0.1) is 6.92 Å². The maximum absolute atomic E-state index is 11.7. The predicted molar refractivity (Wildman–Crippen MR) is 111 cm³/mol. The van der Waals surface area contributed by atoms with Crippen LogP contribution in [0.5, 0.6) is 0 Å². The van der Waals surface area contributed by atoms with E-state index in [-0.39, 0.29) is 6.10 Å². The number of hydrogen-bond acceptors (Lipinski definition) is 4. The van der Waals surface area contributed by atoms with Gasteiger partial charge in [0.25, 0.3) is 0 Å². The molecule has 0 aromatic heterocycles. The quantitative estimate of drug-likeness (QED) is 0.510. The highest BCUT2D eigenvalue weighted by Gasteiger charge is 2.23. The first-order valence-electron chi connectivity index (χ1n) is 9.04. The first kappa shape index (κ1) is 20.8. The molecule has 5 nitrogen and oxygen atoms in total. The van der Waals surface area contributed by atoms with E-state index in [1.54, 1.807) is 13.4 Å². The van der Waals surface area contributed by atoms with Crippen LogP contribution in [0.25, 0.3) is 0 Å². The molecular formula is C20H32N2O3S. The van der Waals surface area contributed by atoms with Crippen molar-refractivity contribution in [3.8, 4) is 0 Å². The number of methoxy groups -OCH3 is 1. The molecular weight excluding hydrogens is 348 g/mol. The summed E-state index contributed by atoms with van der Waals surface area (Å²) in [5.74, 6) is 4.39. The summed E-state index contributed by atoms with van der Waals surface area (Å²) in [6.45, 7) is 7.42. The van der Waals surface area contributed by atoms with Crippen LogP contribution in [0.4, 0.5) is 5.69 Å². The largest absolute Gasteiger partial charge is 0.494 e. The molecule has 0 heterocycles. The Hall–Kier alpha value is -1.50. The first-order valence-corrected chi connectivity index (χ1v) is 11.2. The van der Waals surface area contributed by atoms with Gasteiger partial charge in [-0.2, -0.15) is 0 Å². The molecule has 26 heavy (non-hydrogen) atoms. The third-order valence-electron chi connectivity index (χ3n) is 4.56. The molecule has 2 N–H and O–H groups in total. The van der Waals surface area contributed by atoms with E-state index in [1.807, 2.05) is 25.1 Å². The normalized spacial score (nSPS) is 22.4.